The topological polar surface area (TPSA) is 26.0 Å². The van der Waals surface area contributed by atoms with Crippen LogP contribution < -0.4 is 5.73 Å². The quantitative estimate of drug-likeness (QED) is 0.812. The summed E-state index contributed by atoms with van der Waals surface area (Å²) in [6.07, 6.45) is 0.897. The molecule has 13 heavy (non-hydrogen) atoms. The van der Waals surface area contributed by atoms with E-state index in [4.69, 9.17) is 17.3 Å². The van der Waals surface area contributed by atoms with E-state index in [1.807, 2.05) is 5.38 Å². The summed E-state index contributed by atoms with van der Waals surface area (Å²) in [5.41, 5.74) is 6.79. The fourth-order valence-corrected chi connectivity index (χ4v) is 2.76. The van der Waals surface area contributed by atoms with E-state index in [1.165, 1.54) is 15.6 Å². The average Bonchev–Trinajstić information content (AvgIpc) is 2.50. The smallest absolute Gasteiger partial charge is 0.0594 e. The van der Waals surface area contributed by atoms with Crippen molar-refractivity contribution < 1.29 is 0 Å². The number of halogens is 1. The molecule has 1 nitrogen and oxygen atoms in total. The van der Waals surface area contributed by atoms with Crippen LogP contribution in [0.2, 0.25) is 5.02 Å². The van der Waals surface area contributed by atoms with Crippen LogP contribution in [0.15, 0.2) is 23.6 Å². The lowest BCUT2D eigenvalue weighted by Crippen LogP contribution is -2.02. The van der Waals surface area contributed by atoms with Crippen molar-refractivity contribution in [1.29, 1.82) is 0 Å². The van der Waals surface area contributed by atoms with Gasteiger partial charge in [0.2, 0.25) is 0 Å². The molecule has 2 N–H and O–H groups in total. The normalized spacial score (nSPS) is 10.9. The highest BCUT2D eigenvalue weighted by atomic mass is 35.5. The second-order valence-electron chi connectivity index (χ2n) is 2.91. The first kappa shape index (κ1) is 9.00. The Morgan fingerprint density at radius 3 is 3.00 bits per heavy atom. The molecule has 0 spiro atoms. The molecule has 0 radical (unpaired) electrons. The van der Waals surface area contributed by atoms with E-state index < -0.39 is 0 Å². The van der Waals surface area contributed by atoms with Crippen LogP contribution in [-0.2, 0) is 6.42 Å². The van der Waals surface area contributed by atoms with Crippen molar-refractivity contribution in [2.24, 2.45) is 5.73 Å². The Balaban J connectivity index is 2.65. The van der Waals surface area contributed by atoms with Gasteiger partial charge in [0, 0.05) is 15.5 Å². The van der Waals surface area contributed by atoms with Crippen LogP contribution in [0.1, 0.15) is 5.56 Å². The first-order valence-corrected chi connectivity index (χ1v) is 5.43. The Kier molecular flexibility index (Phi) is 2.54. The number of rotatable bonds is 2. The van der Waals surface area contributed by atoms with Gasteiger partial charge in [0.05, 0.1) is 5.02 Å². The summed E-state index contributed by atoms with van der Waals surface area (Å²) in [6.45, 7) is 0.672. The summed E-state index contributed by atoms with van der Waals surface area (Å²) < 4.78 is 1.25. The van der Waals surface area contributed by atoms with Gasteiger partial charge in [0.1, 0.15) is 0 Å². The SMILES string of the molecule is NCCc1cccc2scc(Cl)c12. The second-order valence-corrected chi connectivity index (χ2v) is 4.23. The van der Waals surface area contributed by atoms with E-state index >= 15 is 0 Å². The van der Waals surface area contributed by atoms with E-state index in [2.05, 4.69) is 18.2 Å². The van der Waals surface area contributed by atoms with Crippen molar-refractivity contribution >= 4 is 33.0 Å². The standard InChI is InChI=1S/C10H10ClNS/c11-8-6-13-9-3-1-2-7(4-5-12)10(8)9/h1-3,6H,4-5,12H2. The zero-order chi connectivity index (χ0) is 9.26. The minimum atomic E-state index is 0.672. The zero-order valence-electron chi connectivity index (χ0n) is 7.09. The lowest BCUT2D eigenvalue weighted by atomic mass is 10.1. The number of hydrogen-bond acceptors (Lipinski definition) is 2. The Morgan fingerprint density at radius 1 is 1.38 bits per heavy atom. The molecule has 0 saturated carbocycles. The van der Waals surface area contributed by atoms with Gasteiger partial charge in [-0.25, -0.2) is 0 Å². The summed E-state index contributed by atoms with van der Waals surface area (Å²) in [5, 5.41) is 4.01. The van der Waals surface area contributed by atoms with Gasteiger partial charge < -0.3 is 5.73 Å². The van der Waals surface area contributed by atoms with Gasteiger partial charge in [-0.3, -0.25) is 0 Å². The van der Waals surface area contributed by atoms with Gasteiger partial charge in [-0.1, -0.05) is 23.7 Å². The van der Waals surface area contributed by atoms with Crippen LogP contribution in [0.25, 0.3) is 10.1 Å². The average molecular weight is 212 g/mol. The number of benzene rings is 1. The maximum absolute atomic E-state index is 6.08. The van der Waals surface area contributed by atoms with E-state index in [0.717, 1.165) is 11.4 Å². The molecule has 0 fully saturated rings. The van der Waals surface area contributed by atoms with E-state index in [1.54, 1.807) is 11.3 Å². The fourth-order valence-electron chi connectivity index (χ4n) is 1.48. The van der Waals surface area contributed by atoms with Crippen molar-refractivity contribution in [3.05, 3.63) is 34.2 Å². The molecule has 1 aromatic carbocycles. The lowest BCUT2D eigenvalue weighted by molar-refractivity contribution is 0.978. The van der Waals surface area contributed by atoms with Crippen molar-refractivity contribution in [3.8, 4) is 0 Å². The van der Waals surface area contributed by atoms with Crippen LogP contribution in [0.5, 0.6) is 0 Å². The summed E-state index contributed by atoms with van der Waals surface area (Å²) in [5.74, 6) is 0. The summed E-state index contributed by atoms with van der Waals surface area (Å²) >= 11 is 7.76. The van der Waals surface area contributed by atoms with Crippen LogP contribution in [0.4, 0.5) is 0 Å². The molecule has 2 aromatic rings. The monoisotopic (exact) mass is 211 g/mol. The third-order valence-corrected chi connectivity index (χ3v) is 3.43. The summed E-state index contributed by atoms with van der Waals surface area (Å²) in [6, 6.07) is 6.24. The lowest BCUT2D eigenvalue weighted by Gasteiger charge is -2.00. The van der Waals surface area contributed by atoms with Crippen LogP contribution >= 0.6 is 22.9 Å². The maximum Gasteiger partial charge on any atom is 0.0594 e. The van der Waals surface area contributed by atoms with Gasteiger partial charge in [0.15, 0.2) is 0 Å². The number of nitrogens with two attached hydrogens (primary N) is 1. The van der Waals surface area contributed by atoms with Gasteiger partial charge in [-0.05, 0) is 24.6 Å². The molecule has 1 heterocycles. The first-order chi connectivity index (χ1) is 6.33. The van der Waals surface area contributed by atoms with E-state index in [0.29, 0.717) is 6.54 Å². The molecular weight excluding hydrogens is 202 g/mol. The largest absolute Gasteiger partial charge is 0.330 e. The Hall–Kier alpha value is -0.570. The molecule has 0 aliphatic rings. The van der Waals surface area contributed by atoms with Crippen LogP contribution in [0, 0.1) is 0 Å². The number of fused-ring (bicyclic) bond motifs is 1. The Labute approximate surface area is 86.1 Å². The molecule has 68 valence electrons. The Morgan fingerprint density at radius 2 is 2.23 bits per heavy atom. The summed E-state index contributed by atoms with van der Waals surface area (Å²) in [4.78, 5) is 0. The minimum absolute atomic E-state index is 0.672. The molecule has 1 aromatic heterocycles. The molecule has 0 aliphatic carbocycles. The maximum atomic E-state index is 6.08. The minimum Gasteiger partial charge on any atom is -0.330 e. The Bertz CT molecular complexity index is 422. The van der Waals surface area contributed by atoms with E-state index in [-0.39, 0.29) is 0 Å². The molecule has 0 bridgehead atoms. The van der Waals surface area contributed by atoms with E-state index in [9.17, 15) is 0 Å². The highest BCUT2D eigenvalue weighted by molar-refractivity contribution is 7.17. The van der Waals surface area contributed by atoms with Crippen molar-refractivity contribution in [2.45, 2.75) is 6.42 Å². The fraction of sp³-hybridized carbons (Fsp3) is 0.200. The third-order valence-electron chi connectivity index (χ3n) is 2.05. The molecule has 0 saturated heterocycles. The van der Waals surface area contributed by atoms with Gasteiger partial charge >= 0.3 is 0 Å². The first-order valence-electron chi connectivity index (χ1n) is 4.17. The van der Waals surface area contributed by atoms with Gasteiger partial charge in [-0.15, -0.1) is 11.3 Å². The molecule has 0 atom stereocenters. The predicted molar refractivity (Wildman–Crippen MR) is 59.6 cm³/mol. The zero-order valence-corrected chi connectivity index (χ0v) is 8.66. The van der Waals surface area contributed by atoms with Crippen LogP contribution in [0.3, 0.4) is 0 Å². The van der Waals surface area contributed by atoms with Crippen molar-refractivity contribution in [2.75, 3.05) is 6.54 Å². The summed E-state index contributed by atoms with van der Waals surface area (Å²) in [7, 11) is 0. The molecule has 0 amide bonds. The van der Waals surface area contributed by atoms with Crippen molar-refractivity contribution in [1.82, 2.24) is 0 Å². The van der Waals surface area contributed by atoms with Gasteiger partial charge in [-0.2, -0.15) is 0 Å². The van der Waals surface area contributed by atoms with Crippen LogP contribution in [-0.4, -0.2) is 6.54 Å². The predicted octanol–water partition coefficient (Wildman–Crippen LogP) is 3.06. The molecular formula is C10H10ClNS. The second kappa shape index (κ2) is 3.66. The number of thiophene rings is 1. The highest BCUT2D eigenvalue weighted by Gasteiger charge is 2.05. The van der Waals surface area contributed by atoms with Gasteiger partial charge in [0.25, 0.3) is 0 Å². The number of hydrogen-bond donors (Lipinski definition) is 1. The molecule has 2 rings (SSSR count). The third kappa shape index (κ3) is 1.57. The molecule has 3 heteroatoms. The molecule has 0 unspecified atom stereocenters. The van der Waals surface area contributed by atoms with Crippen molar-refractivity contribution in [3.63, 3.8) is 0 Å². The highest BCUT2D eigenvalue weighted by Crippen LogP contribution is 2.32. The molecule has 0 aliphatic heterocycles.